The molecule has 0 fully saturated rings. The number of allylic oxidation sites excluding steroid dienone is 2. The van der Waals surface area contributed by atoms with Crippen molar-refractivity contribution in [1.82, 2.24) is 0 Å². The molecule has 0 radical (unpaired) electrons. The van der Waals surface area contributed by atoms with Crippen LogP contribution < -0.4 is 0 Å². The molecule has 8 nitrogen and oxygen atoms in total. The molecule has 0 spiro atoms. The lowest BCUT2D eigenvalue weighted by atomic mass is 9.44. The van der Waals surface area contributed by atoms with Crippen LogP contribution in [0.15, 0.2) is 28.7 Å². The molecule has 0 aliphatic heterocycles. The van der Waals surface area contributed by atoms with E-state index in [9.17, 15) is 39.6 Å². The molecule has 0 saturated heterocycles. The molecular formula is C32H40O8. The fourth-order valence-electron chi connectivity index (χ4n) is 7.90. The zero-order chi connectivity index (χ0) is 30.3. The topological polar surface area (TPSA) is 149 Å². The van der Waals surface area contributed by atoms with Crippen LogP contribution in [-0.4, -0.2) is 49.2 Å². The summed E-state index contributed by atoms with van der Waals surface area (Å²) in [6, 6.07) is 1.84. The molecule has 40 heavy (non-hydrogen) atoms. The molecule has 1 aromatic rings. The van der Waals surface area contributed by atoms with Crippen molar-refractivity contribution in [3.8, 4) is 5.75 Å². The van der Waals surface area contributed by atoms with Gasteiger partial charge in [0.1, 0.15) is 28.6 Å². The van der Waals surface area contributed by atoms with Crippen molar-refractivity contribution in [2.75, 3.05) is 0 Å². The number of aromatic hydroxyl groups is 1. The van der Waals surface area contributed by atoms with Gasteiger partial charge in [0.25, 0.3) is 0 Å². The van der Waals surface area contributed by atoms with Crippen LogP contribution in [0.4, 0.5) is 0 Å². The minimum atomic E-state index is -2.64. The molecule has 0 heterocycles. The average Bonchev–Trinajstić information content (AvgIpc) is 2.80. The summed E-state index contributed by atoms with van der Waals surface area (Å²) >= 11 is 0. The minimum Gasteiger partial charge on any atom is -0.511 e. The maximum atomic E-state index is 14.3. The van der Waals surface area contributed by atoms with Crippen molar-refractivity contribution in [2.45, 2.75) is 92.6 Å². The first kappa shape index (κ1) is 29.7. The highest BCUT2D eigenvalue weighted by Crippen LogP contribution is 2.65. The molecule has 216 valence electrons. The van der Waals surface area contributed by atoms with Gasteiger partial charge in [-0.1, -0.05) is 47.6 Å². The van der Waals surface area contributed by atoms with E-state index in [-0.39, 0.29) is 60.2 Å². The van der Waals surface area contributed by atoms with Gasteiger partial charge < -0.3 is 25.2 Å². The number of aliphatic hydroxyl groups is 3. The number of carbonyl (C=O) groups is 4. The van der Waals surface area contributed by atoms with Crippen molar-refractivity contribution in [1.29, 1.82) is 0 Å². The predicted molar refractivity (Wildman–Crippen MR) is 148 cm³/mol. The average molecular weight is 553 g/mol. The van der Waals surface area contributed by atoms with Gasteiger partial charge in [-0.05, 0) is 61.6 Å². The van der Waals surface area contributed by atoms with Gasteiger partial charge in [0.2, 0.25) is 5.78 Å². The van der Waals surface area contributed by atoms with Crippen molar-refractivity contribution in [2.24, 2.45) is 22.7 Å². The third kappa shape index (κ3) is 3.82. The summed E-state index contributed by atoms with van der Waals surface area (Å²) in [5.41, 5.74) is -3.99. The molecule has 0 saturated carbocycles. The number of aliphatic hydroxyl groups excluding tert-OH is 2. The van der Waals surface area contributed by atoms with Crippen LogP contribution in [0.3, 0.4) is 0 Å². The Hall–Kier alpha value is -3.26. The van der Waals surface area contributed by atoms with E-state index in [1.165, 1.54) is 6.92 Å². The second-order valence-electron chi connectivity index (χ2n) is 13.1. The highest BCUT2D eigenvalue weighted by molar-refractivity contribution is 6.25. The van der Waals surface area contributed by atoms with E-state index in [0.717, 1.165) is 12.5 Å². The van der Waals surface area contributed by atoms with E-state index in [0.29, 0.717) is 11.1 Å². The van der Waals surface area contributed by atoms with Crippen LogP contribution in [0, 0.1) is 22.7 Å². The number of phenolic OH excluding ortho intramolecular Hbond substituents is 1. The summed E-state index contributed by atoms with van der Waals surface area (Å²) < 4.78 is 0. The van der Waals surface area contributed by atoms with Crippen molar-refractivity contribution >= 4 is 23.1 Å². The SMILES string of the molecule is CC(=O)CCc1cc(C(C)C)c2c(c1O)C(=O)C1=C(O)[C@@]3(O)C(=O)C(C(C)=O)=C(O)C(C(C)C)[C@@]3(C)C[C@@]1(C)C2. The van der Waals surface area contributed by atoms with Gasteiger partial charge in [-0.25, -0.2) is 0 Å². The third-order valence-electron chi connectivity index (χ3n) is 9.49. The third-order valence-corrected chi connectivity index (χ3v) is 9.49. The minimum absolute atomic E-state index is 0.00447. The second-order valence-corrected chi connectivity index (χ2v) is 13.1. The number of Topliss-reactive ketones (excluding diaryl/α,β-unsaturated/α-hetero) is 4. The van der Waals surface area contributed by atoms with Gasteiger partial charge >= 0.3 is 0 Å². The quantitative estimate of drug-likeness (QED) is 0.361. The zero-order valence-electron chi connectivity index (χ0n) is 24.6. The number of ketones is 4. The van der Waals surface area contributed by atoms with Gasteiger partial charge in [0, 0.05) is 28.7 Å². The number of hydrogen-bond donors (Lipinski definition) is 4. The summed E-state index contributed by atoms with van der Waals surface area (Å²) in [5, 5.41) is 46.5. The Balaban J connectivity index is 2.06. The molecule has 0 amide bonds. The number of fused-ring (bicyclic) bond motifs is 3. The molecule has 4 atom stereocenters. The fourth-order valence-corrected chi connectivity index (χ4v) is 7.90. The normalized spacial score (nSPS) is 30.0. The Morgan fingerprint density at radius 2 is 1.65 bits per heavy atom. The van der Waals surface area contributed by atoms with Crippen LogP contribution in [0.25, 0.3) is 0 Å². The van der Waals surface area contributed by atoms with E-state index in [2.05, 4.69) is 0 Å². The predicted octanol–water partition coefficient (Wildman–Crippen LogP) is 4.99. The Morgan fingerprint density at radius 1 is 1.05 bits per heavy atom. The monoisotopic (exact) mass is 552 g/mol. The van der Waals surface area contributed by atoms with Gasteiger partial charge in [-0.2, -0.15) is 0 Å². The van der Waals surface area contributed by atoms with Gasteiger partial charge in [0.15, 0.2) is 17.2 Å². The Kier molecular flexibility index (Phi) is 6.98. The Labute approximate surface area is 234 Å². The molecule has 1 aromatic carbocycles. The van der Waals surface area contributed by atoms with Gasteiger partial charge in [-0.15, -0.1) is 0 Å². The maximum absolute atomic E-state index is 14.3. The van der Waals surface area contributed by atoms with Crippen molar-refractivity contribution < 1.29 is 39.6 Å². The van der Waals surface area contributed by atoms with Gasteiger partial charge in [-0.3, -0.25) is 14.4 Å². The molecular weight excluding hydrogens is 512 g/mol. The second kappa shape index (κ2) is 9.40. The lowest BCUT2D eigenvalue weighted by molar-refractivity contribution is -0.171. The summed E-state index contributed by atoms with van der Waals surface area (Å²) in [4.78, 5) is 52.3. The Morgan fingerprint density at radius 3 is 2.15 bits per heavy atom. The fraction of sp³-hybridized carbons (Fsp3) is 0.562. The Bertz CT molecular complexity index is 1430. The van der Waals surface area contributed by atoms with Crippen LogP contribution in [0.5, 0.6) is 5.75 Å². The lowest BCUT2D eigenvalue weighted by Crippen LogP contribution is -2.67. The maximum Gasteiger partial charge on any atom is 0.209 e. The molecule has 4 rings (SSSR count). The molecule has 3 aliphatic rings. The van der Waals surface area contributed by atoms with E-state index in [4.69, 9.17) is 0 Å². The highest BCUT2D eigenvalue weighted by Gasteiger charge is 2.71. The highest BCUT2D eigenvalue weighted by atomic mass is 16.3. The lowest BCUT2D eigenvalue weighted by Gasteiger charge is -2.59. The first-order valence-electron chi connectivity index (χ1n) is 13.9. The van der Waals surface area contributed by atoms with Crippen LogP contribution in [0.2, 0.25) is 0 Å². The van der Waals surface area contributed by atoms with E-state index < -0.39 is 56.8 Å². The van der Waals surface area contributed by atoms with E-state index in [1.807, 2.05) is 19.9 Å². The standard InChI is InChI=1S/C32H40O8/c1-14(2)19-11-18(10-9-16(5)33)25(35)22-20(19)12-30(7)13-31(8)23(15(3)4)26(36)21(17(6)34)28(38)32(31,40)29(39)24(30)27(22)37/h11,14-15,23,35-36,39-40H,9-10,12-13H2,1-8H3/t23?,30-,31-,32+/m1/s1. The number of aryl methyl sites for hydroxylation is 1. The number of rotatable bonds is 6. The smallest absolute Gasteiger partial charge is 0.209 e. The number of carbonyl (C=O) groups excluding carboxylic acids is 4. The number of phenols is 1. The zero-order valence-corrected chi connectivity index (χ0v) is 24.6. The molecule has 1 unspecified atom stereocenters. The van der Waals surface area contributed by atoms with Crippen LogP contribution >= 0.6 is 0 Å². The van der Waals surface area contributed by atoms with E-state index >= 15 is 0 Å². The number of hydrogen-bond acceptors (Lipinski definition) is 8. The van der Waals surface area contributed by atoms with Crippen molar-refractivity contribution in [3.05, 3.63) is 51.0 Å². The first-order valence-corrected chi connectivity index (χ1v) is 13.9. The first-order chi connectivity index (χ1) is 18.3. The largest absolute Gasteiger partial charge is 0.511 e. The van der Waals surface area contributed by atoms with E-state index in [1.54, 1.807) is 27.7 Å². The summed E-state index contributed by atoms with van der Waals surface area (Å²) in [5.74, 6) is -5.37. The summed E-state index contributed by atoms with van der Waals surface area (Å²) in [6.45, 7) is 13.5. The molecule has 3 aliphatic carbocycles. The molecule has 0 bridgehead atoms. The van der Waals surface area contributed by atoms with Crippen LogP contribution in [0.1, 0.15) is 101 Å². The van der Waals surface area contributed by atoms with Crippen molar-refractivity contribution in [3.63, 3.8) is 0 Å². The number of benzene rings is 1. The molecule has 0 aromatic heterocycles. The molecule has 4 N–H and O–H groups in total. The summed E-state index contributed by atoms with van der Waals surface area (Å²) in [6.07, 6.45) is 0.689. The van der Waals surface area contributed by atoms with Crippen LogP contribution in [-0.2, 0) is 27.2 Å². The molecule has 8 heteroatoms. The summed E-state index contributed by atoms with van der Waals surface area (Å²) in [7, 11) is 0. The van der Waals surface area contributed by atoms with Gasteiger partial charge in [0.05, 0.1) is 5.56 Å².